The summed E-state index contributed by atoms with van der Waals surface area (Å²) in [6.45, 7) is 1.83. The Morgan fingerprint density at radius 1 is 1.00 bits per heavy atom. The highest BCUT2D eigenvalue weighted by atomic mass is 16.5. The van der Waals surface area contributed by atoms with Crippen molar-refractivity contribution in [1.82, 2.24) is 9.55 Å². The van der Waals surface area contributed by atoms with Crippen molar-refractivity contribution in [2.24, 2.45) is 0 Å². The lowest BCUT2D eigenvalue weighted by Crippen LogP contribution is -1.98. The molecule has 0 bridgehead atoms. The first-order chi connectivity index (χ1) is 9.88. The fourth-order valence-corrected chi connectivity index (χ4v) is 2.03. The quantitative estimate of drug-likeness (QED) is 0.656. The molecule has 0 spiro atoms. The van der Waals surface area contributed by atoms with Crippen molar-refractivity contribution in [2.45, 2.75) is 32.2 Å². The summed E-state index contributed by atoms with van der Waals surface area (Å²) in [7, 11) is 1.67. The molecule has 4 heteroatoms. The first-order valence-electron chi connectivity index (χ1n) is 7.11. The van der Waals surface area contributed by atoms with Gasteiger partial charge < -0.3 is 14.0 Å². The molecule has 1 aromatic heterocycles. The smallest absolute Gasteiger partial charge is 0.119 e. The van der Waals surface area contributed by atoms with Crippen LogP contribution in [-0.4, -0.2) is 23.3 Å². The fourth-order valence-electron chi connectivity index (χ4n) is 2.03. The summed E-state index contributed by atoms with van der Waals surface area (Å²) in [5, 5.41) is 0. The van der Waals surface area contributed by atoms with Gasteiger partial charge in [-0.05, 0) is 37.1 Å². The molecule has 0 fully saturated rings. The minimum Gasteiger partial charge on any atom is -0.497 e. The lowest BCUT2D eigenvalue weighted by molar-refractivity contribution is 0.303. The Morgan fingerprint density at radius 3 is 2.45 bits per heavy atom. The molecule has 0 saturated heterocycles. The normalized spacial score (nSPS) is 10.4. The van der Waals surface area contributed by atoms with E-state index in [9.17, 15) is 0 Å². The molecule has 0 saturated carbocycles. The van der Waals surface area contributed by atoms with Crippen LogP contribution in [0.25, 0.3) is 0 Å². The molecule has 0 aliphatic rings. The van der Waals surface area contributed by atoms with E-state index in [1.54, 1.807) is 7.11 Å². The molecule has 0 aliphatic heterocycles. The van der Waals surface area contributed by atoms with Gasteiger partial charge in [-0.15, -0.1) is 0 Å². The number of imidazole rings is 1. The van der Waals surface area contributed by atoms with Crippen molar-refractivity contribution in [3.63, 3.8) is 0 Å². The van der Waals surface area contributed by atoms with E-state index in [-0.39, 0.29) is 0 Å². The number of methoxy groups -OCH3 is 1. The van der Waals surface area contributed by atoms with E-state index < -0.39 is 0 Å². The summed E-state index contributed by atoms with van der Waals surface area (Å²) >= 11 is 0. The van der Waals surface area contributed by atoms with Crippen LogP contribution in [0.5, 0.6) is 11.5 Å². The maximum Gasteiger partial charge on any atom is 0.119 e. The molecule has 1 aromatic carbocycles. The molecule has 108 valence electrons. The van der Waals surface area contributed by atoms with Gasteiger partial charge in [-0.3, -0.25) is 0 Å². The highest BCUT2D eigenvalue weighted by Gasteiger charge is 1.96. The van der Waals surface area contributed by atoms with Gasteiger partial charge in [0, 0.05) is 18.9 Å². The Bertz CT molecular complexity index is 466. The highest BCUT2D eigenvalue weighted by molar-refractivity contribution is 5.31. The van der Waals surface area contributed by atoms with E-state index in [0.717, 1.165) is 31.1 Å². The summed E-state index contributed by atoms with van der Waals surface area (Å²) in [6.07, 6.45) is 10.4. The number of nitrogens with zero attached hydrogens (tertiary/aromatic N) is 2. The maximum absolute atomic E-state index is 5.69. The second-order valence-corrected chi connectivity index (χ2v) is 4.74. The number of hydrogen-bond acceptors (Lipinski definition) is 3. The zero-order valence-corrected chi connectivity index (χ0v) is 12.0. The third-order valence-corrected chi connectivity index (χ3v) is 3.20. The monoisotopic (exact) mass is 274 g/mol. The molecular formula is C16H22N2O2. The van der Waals surface area contributed by atoms with Crippen LogP contribution in [0.2, 0.25) is 0 Å². The van der Waals surface area contributed by atoms with Crippen molar-refractivity contribution >= 4 is 0 Å². The van der Waals surface area contributed by atoms with Gasteiger partial charge in [-0.2, -0.15) is 0 Å². The van der Waals surface area contributed by atoms with Crippen molar-refractivity contribution in [3.05, 3.63) is 43.0 Å². The summed E-state index contributed by atoms with van der Waals surface area (Å²) in [6, 6.07) is 7.72. The van der Waals surface area contributed by atoms with E-state index in [1.807, 2.05) is 43.0 Å². The van der Waals surface area contributed by atoms with Crippen LogP contribution in [0.15, 0.2) is 43.0 Å². The molecule has 0 aliphatic carbocycles. The molecule has 0 radical (unpaired) electrons. The lowest BCUT2D eigenvalue weighted by atomic mass is 10.2. The first-order valence-corrected chi connectivity index (χ1v) is 7.11. The molecule has 2 rings (SSSR count). The SMILES string of the molecule is COc1ccc(OCCCCCCn2ccnc2)cc1. The molecular weight excluding hydrogens is 252 g/mol. The summed E-state index contributed by atoms with van der Waals surface area (Å²) < 4.78 is 12.9. The number of ether oxygens (including phenoxy) is 2. The van der Waals surface area contributed by atoms with Gasteiger partial charge >= 0.3 is 0 Å². The van der Waals surface area contributed by atoms with Crippen LogP contribution in [0, 0.1) is 0 Å². The predicted octanol–water partition coefficient (Wildman–Crippen LogP) is 3.53. The number of aromatic nitrogens is 2. The third-order valence-electron chi connectivity index (χ3n) is 3.20. The van der Waals surface area contributed by atoms with Gasteiger partial charge in [0.25, 0.3) is 0 Å². The first kappa shape index (κ1) is 14.4. The highest BCUT2D eigenvalue weighted by Crippen LogP contribution is 2.17. The molecule has 0 amide bonds. The summed E-state index contributed by atoms with van der Waals surface area (Å²) in [5.74, 6) is 1.76. The molecule has 20 heavy (non-hydrogen) atoms. The second-order valence-electron chi connectivity index (χ2n) is 4.74. The third kappa shape index (κ3) is 4.96. The van der Waals surface area contributed by atoms with Crippen molar-refractivity contribution in [2.75, 3.05) is 13.7 Å². The van der Waals surface area contributed by atoms with Crippen LogP contribution in [-0.2, 0) is 6.54 Å². The average Bonchev–Trinajstić information content (AvgIpc) is 3.00. The molecule has 4 nitrogen and oxygen atoms in total. The minimum absolute atomic E-state index is 0.775. The molecule has 1 heterocycles. The zero-order valence-electron chi connectivity index (χ0n) is 12.0. The van der Waals surface area contributed by atoms with Crippen molar-refractivity contribution < 1.29 is 9.47 Å². The summed E-state index contributed by atoms with van der Waals surface area (Å²) in [5.41, 5.74) is 0. The van der Waals surface area contributed by atoms with Gasteiger partial charge in [0.05, 0.1) is 20.0 Å². The Hall–Kier alpha value is -1.97. The number of benzene rings is 1. The van der Waals surface area contributed by atoms with E-state index in [4.69, 9.17) is 9.47 Å². The van der Waals surface area contributed by atoms with Crippen LogP contribution >= 0.6 is 0 Å². The van der Waals surface area contributed by atoms with Crippen LogP contribution in [0.3, 0.4) is 0 Å². The average molecular weight is 274 g/mol. The largest absolute Gasteiger partial charge is 0.497 e. The number of rotatable bonds is 9. The Kier molecular flexibility index (Phi) is 5.96. The number of aryl methyl sites for hydroxylation is 1. The van der Waals surface area contributed by atoms with Gasteiger partial charge in [0.2, 0.25) is 0 Å². The van der Waals surface area contributed by atoms with Crippen LogP contribution in [0.4, 0.5) is 0 Å². The van der Waals surface area contributed by atoms with E-state index in [1.165, 1.54) is 19.3 Å². The Labute approximate surface area is 120 Å². The fraction of sp³-hybridized carbons (Fsp3) is 0.438. The maximum atomic E-state index is 5.69. The molecule has 0 unspecified atom stereocenters. The van der Waals surface area contributed by atoms with Gasteiger partial charge in [-0.1, -0.05) is 12.8 Å². The van der Waals surface area contributed by atoms with E-state index in [0.29, 0.717) is 0 Å². The Morgan fingerprint density at radius 2 is 1.75 bits per heavy atom. The standard InChI is InChI=1S/C16H22N2O2/c1-19-15-6-8-16(9-7-15)20-13-5-3-2-4-11-18-12-10-17-14-18/h6-10,12,14H,2-5,11,13H2,1H3. The van der Waals surface area contributed by atoms with Gasteiger partial charge in [0.1, 0.15) is 11.5 Å². The molecule has 0 atom stereocenters. The number of unbranched alkanes of at least 4 members (excludes halogenated alkanes) is 3. The van der Waals surface area contributed by atoms with Crippen LogP contribution < -0.4 is 9.47 Å². The predicted molar refractivity (Wildman–Crippen MR) is 79.2 cm³/mol. The number of hydrogen-bond donors (Lipinski definition) is 0. The van der Waals surface area contributed by atoms with Crippen molar-refractivity contribution in [1.29, 1.82) is 0 Å². The molecule has 2 aromatic rings. The molecule has 0 N–H and O–H groups in total. The zero-order chi connectivity index (χ0) is 14.0. The topological polar surface area (TPSA) is 36.3 Å². The summed E-state index contributed by atoms with van der Waals surface area (Å²) in [4.78, 5) is 4.03. The Balaban J connectivity index is 1.50. The van der Waals surface area contributed by atoms with Gasteiger partial charge in [0.15, 0.2) is 0 Å². The van der Waals surface area contributed by atoms with Gasteiger partial charge in [-0.25, -0.2) is 4.98 Å². The van der Waals surface area contributed by atoms with E-state index in [2.05, 4.69) is 9.55 Å². The minimum atomic E-state index is 0.775. The van der Waals surface area contributed by atoms with Crippen LogP contribution in [0.1, 0.15) is 25.7 Å². The second kappa shape index (κ2) is 8.25. The van der Waals surface area contributed by atoms with E-state index >= 15 is 0 Å². The lowest BCUT2D eigenvalue weighted by Gasteiger charge is -2.07. The van der Waals surface area contributed by atoms with Crippen molar-refractivity contribution in [3.8, 4) is 11.5 Å².